The van der Waals surface area contributed by atoms with E-state index in [1.807, 2.05) is 6.07 Å². The molecule has 10 aromatic rings. The third-order valence-electron chi connectivity index (χ3n) is 10.7. The molecule has 0 aliphatic heterocycles. The number of para-hydroxylation sites is 1. The number of fused-ring (bicyclic) bond motifs is 3. The quantitative estimate of drug-likeness (QED) is 0.156. The van der Waals surface area contributed by atoms with Crippen molar-refractivity contribution in [3.8, 4) is 55.6 Å². The summed E-state index contributed by atoms with van der Waals surface area (Å²) in [6, 6.07) is 79.9. The van der Waals surface area contributed by atoms with Gasteiger partial charge in [0.25, 0.3) is 0 Å². The topological polar surface area (TPSA) is 16.4 Å². The molecule has 2 heteroatoms. The average molecular weight is 716 g/mol. The van der Waals surface area contributed by atoms with Crippen molar-refractivity contribution < 1.29 is 4.42 Å². The van der Waals surface area contributed by atoms with Crippen LogP contribution in [0.4, 0.5) is 17.1 Å². The second-order valence-electron chi connectivity index (χ2n) is 14.2. The van der Waals surface area contributed by atoms with Crippen molar-refractivity contribution in [3.63, 3.8) is 0 Å². The Morgan fingerprint density at radius 1 is 0.268 bits per heavy atom. The standard InChI is InChI=1S/C54H37NO/c1-4-13-38(14-5-1)43-19-10-21-45(35-43)41-25-30-48(31-26-41)55(49-32-27-42(28-33-49)46-22-11-20-44(36-46)39-15-6-2-7-16-39)52-24-12-23-51-50-34-29-47(37-53(50)56-54(51)52)40-17-8-3-9-18-40/h1-37H. The molecule has 0 atom stereocenters. The van der Waals surface area contributed by atoms with Gasteiger partial charge >= 0.3 is 0 Å². The first-order chi connectivity index (χ1) is 27.7. The Hall–Kier alpha value is -7.42. The third kappa shape index (κ3) is 6.34. The van der Waals surface area contributed by atoms with E-state index in [0.717, 1.165) is 55.7 Å². The molecule has 0 N–H and O–H groups in total. The van der Waals surface area contributed by atoms with Gasteiger partial charge in [0.05, 0.1) is 5.69 Å². The molecule has 0 spiro atoms. The van der Waals surface area contributed by atoms with Crippen molar-refractivity contribution in [2.75, 3.05) is 4.90 Å². The predicted molar refractivity (Wildman–Crippen MR) is 236 cm³/mol. The summed E-state index contributed by atoms with van der Waals surface area (Å²) in [4.78, 5) is 2.32. The maximum absolute atomic E-state index is 6.82. The minimum absolute atomic E-state index is 0.854. The highest BCUT2D eigenvalue weighted by atomic mass is 16.3. The molecule has 9 aromatic carbocycles. The largest absolute Gasteiger partial charge is 0.454 e. The molecule has 0 radical (unpaired) electrons. The van der Waals surface area contributed by atoms with E-state index in [9.17, 15) is 0 Å². The SMILES string of the molecule is c1ccc(-c2cccc(-c3ccc(N(c4ccc(-c5cccc(-c6ccccc6)c5)cc4)c4cccc5c4oc4cc(-c6ccccc6)ccc45)cc3)c2)cc1. The summed E-state index contributed by atoms with van der Waals surface area (Å²) >= 11 is 0. The normalized spacial score (nSPS) is 11.2. The van der Waals surface area contributed by atoms with Gasteiger partial charge in [-0.15, -0.1) is 0 Å². The molecule has 0 unspecified atom stereocenters. The molecule has 0 saturated heterocycles. The zero-order valence-corrected chi connectivity index (χ0v) is 30.7. The van der Waals surface area contributed by atoms with E-state index >= 15 is 0 Å². The number of furan rings is 1. The van der Waals surface area contributed by atoms with Gasteiger partial charge in [-0.1, -0.05) is 170 Å². The Balaban J connectivity index is 1.07. The molecule has 0 saturated carbocycles. The number of benzene rings is 9. The van der Waals surface area contributed by atoms with Crippen molar-refractivity contribution in [1.82, 2.24) is 0 Å². The van der Waals surface area contributed by atoms with Gasteiger partial charge in [0.2, 0.25) is 0 Å². The third-order valence-corrected chi connectivity index (χ3v) is 10.7. The van der Waals surface area contributed by atoms with Gasteiger partial charge < -0.3 is 9.32 Å². The monoisotopic (exact) mass is 715 g/mol. The number of anilines is 3. The second-order valence-corrected chi connectivity index (χ2v) is 14.2. The van der Waals surface area contributed by atoms with Gasteiger partial charge in [0.1, 0.15) is 5.58 Å². The highest BCUT2D eigenvalue weighted by Crippen LogP contribution is 2.43. The maximum atomic E-state index is 6.82. The Morgan fingerprint density at radius 2 is 0.643 bits per heavy atom. The zero-order chi connectivity index (χ0) is 37.3. The molecule has 0 amide bonds. The van der Waals surface area contributed by atoms with Crippen LogP contribution in [0.25, 0.3) is 77.6 Å². The molecular formula is C54H37NO. The van der Waals surface area contributed by atoms with Crippen molar-refractivity contribution in [2.45, 2.75) is 0 Å². The van der Waals surface area contributed by atoms with Crippen LogP contribution < -0.4 is 4.90 Å². The summed E-state index contributed by atoms with van der Waals surface area (Å²) in [6.07, 6.45) is 0. The lowest BCUT2D eigenvalue weighted by Gasteiger charge is -2.26. The van der Waals surface area contributed by atoms with E-state index in [0.29, 0.717) is 0 Å². The van der Waals surface area contributed by atoms with Gasteiger partial charge in [0.15, 0.2) is 5.58 Å². The Morgan fingerprint density at radius 3 is 1.11 bits per heavy atom. The highest BCUT2D eigenvalue weighted by Gasteiger charge is 2.20. The molecule has 0 aliphatic carbocycles. The summed E-state index contributed by atoms with van der Waals surface area (Å²) < 4.78 is 6.82. The predicted octanol–water partition coefficient (Wildman–Crippen LogP) is 15.4. The number of hydrogen-bond acceptors (Lipinski definition) is 2. The molecule has 0 fully saturated rings. The van der Waals surface area contributed by atoms with E-state index in [2.05, 4.69) is 223 Å². The minimum Gasteiger partial charge on any atom is -0.454 e. The fourth-order valence-corrected chi connectivity index (χ4v) is 7.82. The second kappa shape index (κ2) is 14.4. The van der Waals surface area contributed by atoms with Crippen LogP contribution in [0.1, 0.15) is 0 Å². The number of nitrogens with zero attached hydrogens (tertiary/aromatic N) is 1. The van der Waals surface area contributed by atoms with E-state index in [-0.39, 0.29) is 0 Å². The van der Waals surface area contributed by atoms with Crippen LogP contribution in [0.15, 0.2) is 229 Å². The van der Waals surface area contributed by atoms with E-state index in [1.54, 1.807) is 0 Å². The van der Waals surface area contributed by atoms with E-state index in [4.69, 9.17) is 4.42 Å². The number of rotatable bonds is 8. The summed E-state index contributed by atoms with van der Waals surface area (Å²) in [5, 5.41) is 2.19. The van der Waals surface area contributed by atoms with Crippen molar-refractivity contribution in [1.29, 1.82) is 0 Å². The first-order valence-corrected chi connectivity index (χ1v) is 19.1. The fraction of sp³-hybridized carbons (Fsp3) is 0. The first-order valence-electron chi connectivity index (χ1n) is 19.1. The smallest absolute Gasteiger partial charge is 0.159 e. The Bertz CT molecular complexity index is 2800. The molecule has 1 aromatic heterocycles. The van der Waals surface area contributed by atoms with Crippen LogP contribution in [-0.4, -0.2) is 0 Å². The van der Waals surface area contributed by atoms with Gasteiger partial charge in [-0.05, 0) is 110 Å². The van der Waals surface area contributed by atoms with E-state index in [1.165, 1.54) is 38.9 Å². The molecule has 1 heterocycles. The van der Waals surface area contributed by atoms with Crippen LogP contribution >= 0.6 is 0 Å². The summed E-state index contributed by atoms with van der Waals surface area (Å²) in [7, 11) is 0. The van der Waals surface area contributed by atoms with Crippen molar-refractivity contribution in [2.24, 2.45) is 0 Å². The van der Waals surface area contributed by atoms with Gasteiger partial charge in [-0.25, -0.2) is 0 Å². The number of hydrogen-bond donors (Lipinski definition) is 0. The lowest BCUT2D eigenvalue weighted by atomic mass is 9.98. The molecular weight excluding hydrogens is 679 g/mol. The Labute approximate surface area is 327 Å². The van der Waals surface area contributed by atoms with Gasteiger partial charge in [-0.3, -0.25) is 0 Å². The summed E-state index contributed by atoms with van der Waals surface area (Å²) in [6.45, 7) is 0. The fourth-order valence-electron chi connectivity index (χ4n) is 7.82. The summed E-state index contributed by atoms with van der Waals surface area (Å²) in [5.74, 6) is 0. The average Bonchev–Trinajstić information content (AvgIpc) is 3.67. The van der Waals surface area contributed by atoms with E-state index < -0.39 is 0 Å². The minimum atomic E-state index is 0.854. The van der Waals surface area contributed by atoms with Crippen LogP contribution in [-0.2, 0) is 0 Å². The molecule has 0 bridgehead atoms. The maximum Gasteiger partial charge on any atom is 0.159 e. The highest BCUT2D eigenvalue weighted by molar-refractivity contribution is 6.11. The van der Waals surface area contributed by atoms with Crippen LogP contribution in [0.3, 0.4) is 0 Å². The van der Waals surface area contributed by atoms with Crippen molar-refractivity contribution >= 4 is 39.0 Å². The molecule has 2 nitrogen and oxygen atoms in total. The molecule has 10 rings (SSSR count). The molecule has 56 heavy (non-hydrogen) atoms. The Kier molecular flexibility index (Phi) is 8.55. The lowest BCUT2D eigenvalue weighted by Crippen LogP contribution is -2.10. The van der Waals surface area contributed by atoms with Gasteiger partial charge in [0, 0.05) is 22.1 Å². The first kappa shape index (κ1) is 33.2. The lowest BCUT2D eigenvalue weighted by molar-refractivity contribution is 0.669. The molecule has 0 aliphatic rings. The molecule has 264 valence electrons. The van der Waals surface area contributed by atoms with Crippen LogP contribution in [0.2, 0.25) is 0 Å². The van der Waals surface area contributed by atoms with Gasteiger partial charge in [-0.2, -0.15) is 0 Å². The van der Waals surface area contributed by atoms with Crippen LogP contribution in [0, 0.1) is 0 Å². The summed E-state index contributed by atoms with van der Waals surface area (Å²) in [5.41, 5.74) is 16.6. The van der Waals surface area contributed by atoms with Crippen molar-refractivity contribution in [3.05, 3.63) is 224 Å². The van der Waals surface area contributed by atoms with Crippen LogP contribution in [0.5, 0.6) is 0 Å². The zero-order valence-electron chi connectivity index (χ0n) is 30.7.